The van der Waals surface area contributed by atoms with Gasteiger partial charge in [0.05, 0.1) is 0 Å². The molecule has 0 rings (SSSR count). The van der Waals surface area contributed by atoms with Crippen molar-refractivity contribution in [3.63, 3.8) is 0 Å². The summed E-state index contributed by atoms with van der Waals surface area (Å²) in [5, 5.41) is 0. The van der Waals surface area contributed by atoms with Gasteiger partial charge in [-0.1, -0.05) is 5.57 Å². The third kappa shape index (κ3) is 5.65. The predicted molar refractivity (Wildman–Crippen MR) is 46.8 cm³/mol. The molecule has 0 amide bonds. The lowest BCUT2D eigenvalue weighted by Crippen LogP contribution is -1.83. The molecule has 0 aliphatic heterocycles. The Kier molecular flexibility index (Phi) is 4.14. The average molecular weight is 137 g/mol. The normalized spacial score (nSPS) is 9.40. The summed E-state index contributed by atoms with van der Waals surface area (Å²) >= 11 is 0. The maximum absolute atomic E-state index is 3.29. The zero-order chi connectivity index (χ0) is 8.15. The molecule has 0 saturated carbocycles. The summed E-state index contributed by atoms with van der Waals surface area (Å²) in [5.41, 5.74) is 5.88. The molecule has 0 radical (unpaired) electrons. The molecule has 0 aromatic carbocycles. The topological polar surface area (TPSA) is 0 Å². The van der Waals surface area contributed by atoms with Gasteiger partial charge in [0, 0.05) is 0 Å². The van der Waals surface area contributed by atoms with Crippen molar-refractivity contribution in [2.75, 3.05) is 0 Å². The van der Waals surface area contributed by atoms with Crippen LogP contribution in [0.5, 0.6) is 0 Å². The first kappa shape index (κ1) is 9.52. The van der Waals surface area contributed by atoms with Crippen LogP contribution in [0.25, 0.3) is 0 Å². The number of rotatable bonds is 2. The largest absolute Gasteiger partial charge is 0.315 e. The molecule has 0 aromatic heterocycles. The van der Waals surface area contributed by atoms with Crippen molar-refractivity contribution in [2.45, 2.75) is 41.0 Å². The Bertz CT molecular complexity index is 151. The second-order valence-corrected chi connectivity index (χ2v) is 3.29. The fourth-order valence-corrected chi connectivity index (χ4v) is 1.00. The second-order valence-electron chi connectivity index (χ2n) is 3.29. The second kappa shape index (κ2) is 4.35. The Hall–Kier alpha value is -0.480. The molecule has 0 heteroatoms. The lowest BCUT2D eigenvalue weighted by molar-refractivity contribution is 0.941. The van der Waals surface area contributed by atoms with Crippen LogP contribution in [0.4, 0.5) is 0 Å². The summed E-state index contributed by atoms with van der Waals surface area (Å²) in [6.07, 6.45) is 1.09. The highest BCUT2D eigenvalue weighted by molar-refractivity contribution is 5.07. The van der Waals surface area contributed by atoms with Crippen molar-refractivity contribution in [3.8, 4) is 0 Å². The van der Waals surface area contributed by atoms with E-state index >= 15 is 0 Å². The van der Waals surface area contributed by atoms with Gasteiger partial charge < -0.3 is 5.92 Å². The van der Waals surface area contributed by atoms with Gasteiger partial charge in [0.1, 0.15) is 0 Å². The first-order valence-electron chi connectivity index (χ1n) is 3.71. The summed E-state index contributed by atoms with van der Waals surface area (Å²) in [6, 6.07) is 0. The van der Waals surface area contributed by atoms with Gasteiger partial charge in [0.15, 0.2) is 0 Å². The Morgan fingerprint density at radius 3 is 2.00 bits per heavy atom. The summed E-state index contributed by atoms with van der Waals surface area (Å²) < 4.78 is 0. The van der Waals surface area contributed by atoms with Crippen LogP contribution in [0.3, 0.4) is 0 Å². The standard InChI is InChI=1S/C10H17/c1-8(2)6-10(5)7-9(3)4/h6H2,1-5H3/q-1. The van der Waals surface area contributed by atoms with Crippen LogP contribution in [0.2, 0.25) is 0 Å². The molecular formula is C10H17-. The monoisotopic (exact) mass is 137 g/mol. The molecule has 0 nitrogen and oxygen atoms in total. The fourth-order valence-electron chi connectivity index (χ4n) is 1.00. The van der Waals surface area contributed by atoms with Crippen LogP contribution in [0, 0.1) is 5.92 Å². The van der Waals surface area contributed by atoms with Crippen LogP contribution >= 0.6 is 0 Å². The highest BCUT2D eigenvalue weighted by Gasteiger charge is 1.81. The minimum atomic E-state index is 1.09. The minimum Gasteiger partial charge on any atom is -0.315 e. The predicted octanol–water partition coefficient (Wildman–Crippen LogP) is 3.50. The maximum Gasteiger partial charge on any atom is -0.0347 e. The molecule has 0 bridgehead atoms. The first-order chi connectivity index (χ1) is 4.52. The van der Waals surface area contributed by atoms with Crippen molar-refractivity contribution in [2.24, 2.45) is 0 Å². The van der Waals surface area contributed by atoms with E-state index in [0.717, 1.165) is 6.42 Å². The zero-order valence-electron chi connectivity index (χ0n) is 7.71. The van der Waals surface area contributed by atoms with E-state index in [1.807, 2.05) is 0 Å². The molecule has 0 aromatic rings. The zero-order valence-corrected chi connectivity index (χ0v) is 7.71. The van der Waals surface area contributed by atoms with Crippen LogP contribution in [-0.2, 0) is 0 Å². The third-order valence-corrected chi connectivity index (χ3v) is 1.08. The van der Waals surface area contributed by atoms with E-state index in [2.05, 4.69) is 40.3 Å². The number of hydrogen-bond acceptors (Lipinski definition) is 0. The first-order valence-corrected chi connectivity index (χ1v) is 3.71. The van der Waals surface area contributed by atoms with Crippen LogP contribution in [0.1, 0.15) is 41.0 Å². The molecule has 0 aliphatic rings. The summed E-state index contributed by atoms with van der Waals surface area (Å²) in [6.45, 7) is 10.6. The van der Waals surface area contributed by atoms with E-state index in [-0.39, 0.29) is 0 Å². The van der Waals surface area contributed by atoms with Gasteiger partial charge in [-0.2, -0.15) is 13.8 Å². The lowest BCUT2D eigenvalue weighted by Gasteiger charge is -2.15. The molecule has 0 unspecified atom stereocenters. The van der Waals surface area contributed by atoms with Crippen molar-refractivity contribution in [1.82, 2.24) is 0 Å². The highest BCUT2D eigenvalue weighted by atomic mass is 14.0. The highest BCUT2D eigenvalue weighted by Crippen LogP contribution is 2.10. The molecule has 0 heterocycles. The minimum absolute atomic E-state index is 1.09. The summed E-state index contributed by atoms with van der Waals surface area (Å²) in [7, 11) is 0. The maximum atomic E-state index is 3.29. The molecule has 0 aliphatic carbocycles. The van der Waals surface area contributed by atoms with Gasteiger partial charge in [-0.25, -0.2) is 0 Å². The van der Waals surface area contributed by atoms with Gasteiger partial charge in [0.2, 0.25) is 0 Å². The van der Waals surface area contributed by atoms with E-state index in [4.69, 9.17) is 0 Å². The van der Waals surface area contributed by atoms with Crippen LogP contribution < -0.4 is 0 Å². The average Bonchev–Trinajstić information content (AvgIpc) is 1.58. The van der Waals surface area contributed by atoms with E-state index in [1.165, 1.54) is 17.1 Å². The molecule has 0 saturated heterocycles. The van der Waals surface area contributed by atoms with E-state index < -0.39 is 0 Å². The SMILES string of the molecule is CC(C)=C=C(C)C[C-](C)C. The molecule has 0 atom stereocenters. The van der Waals surface area contributed by atoms with Crippen molar-refractivity contribution in [1.29, 1.82) is 0 Å². The van der Waals surface area contributed by atoms with E-state index in [1.54, 1.807) is 0 Å². The quantitative estimate of drug-likeness (QED) is 0.403. The Labute approximate surface area is 64.6 Å². The molecule has 58 valence electrons. The molecule has 0 N–H and O–H groups in total. The Morgan fingerprint density at radius 1 is 1.20 bits per heavy atom. The van der Waals surface area contributed by atoms with Gasteiger partial charge in [-0.15, -0.1) is 12.2 Å². The van der Waals surface area contributed by atoms with Gasteiger partial charge >= 0.3 is 0 Å². The smallest absolute Gasteiger partial charge is 0.0347 e. The van der Waals surface area contributed by atoms with Crippen LogP contribution in [-0.4, -0.2) is 0 Å². The fraction of sp³-hybridized carbons (Fsp3) is 0.600. The number of allylic oxidation sites excluding steroid dienone is 1. The van der Waals surface area contributed by atoms with Crippen molar-refractivity contribution >= 4 is 0 Å². The third-order valence-electron chi connectivity index (χ3n) is 1.08. The Morgan fingerprint density at radius 2 is 1.70 bits per heavy atom. The molecule has 0 fully saturated rings. The number of hydrogen-bond donors (Lipinski definition) is 0. The van der Waals surface area contributed by atoms with Crippen LogP contribution in [0.15, 0.2) is 16.9 Å². The van der Waals surface area contributed by atoms with Crippen molar-refractivity contribution in [3.05, 3.63) is 22.8 Å². The molecule has 0 spiro atoms. The summed E-state index contributed by atoms with van der Waals surface area (Å²) in [4.78, 5) is 0. The molecule has 10 heavy (non-hydrogen) atoms. The Balaban J connectivity index is 4.09. The van der Waals surface area contributed by atoms with Gasteiger partial charge in [-0.05, 0) is 26.3 Å². The van der Waals surface area contributed by atoms with E-state index in [0.29, 0.717) is 0 Å². The lowest BCUT2D eigenvalue weighted by atomic mass is 10.0. The van der Waals surface area contributed by atoms with Crippen molar-refractivity contribution < 1.29 is 0 Å². The summed E-state index contributed by atoms with van der Waals surface area (Å²) in [5.74, 6) is 1.45. The van der Waals surface area contributed by atoms with E-state index in [9.17, 15) is 0 Å². The van der Waals surface area contributed by atoms with Gasteiger partial charge in [0.25, 0.3) is 0 Å². The van der Waals surface area contributed by atoms with Gasteiger partial charge in [-0.3, -0.25) is 0 Å². The molecular weight excluding hydrogens is 120 g/mol.